The lowest BCUT2D eigenvalue weighted by atomic mass is 10.1. The van der Waals surface area contributed by atoms with Crippen molar-refractivity contribution in [3.05, 3.63) is 64.0 Å². The van der Waals surface area contributed by atoms with Crippen LogP contribution in [0, 0.1) is 0 Å². The Balaban J connectivity index is 1.65. The van der Waals surface area contributed by atoms with E-state index in [0.29, 0.717) is 21.7 Å². The van der Waals surface area contributed by atoms with Gasteiger partial charge in [-0.3, -0.25) is 4.79 Å². The first kappa shape index (κ1) is 22.4. The number of hydrogen-bond acceptors (Lipinski definition) is 4. The zero-order chi connectivity index (χ0) is 21.2. The predicted molar refractivity (Wildman–Crippen MR) is 128 cm³/mol. The second-order valence-corrected chi connectivity index (χ2v) is 8.58. The lowest BCUT2D eigenvalue weighted by Gasteiger charge is -2.10. The van der Waals surface area contributed by atoms with Crippen LogP contribution in [0.25, 0.3) is 6.08 Å². The van der Waals surface area contributed by atoms with Gasteiger partial charge in [-0.2, -0.15) is 0 Å². The molecule has 30 heavy (non-hydrogen) atoms. The summed E-state index contributed by atoms with van der Waals surface area (Å²) < 4.78 is 5.99. The lowest BCUT2D eigenvalue weighted by molar-refractivity contribution is -0.115. The van der Waals surface area contributed by atoms with Crippen molar-refractivity contribution in [1.29, 1.82) is 0 Å². The molecule has 1 fully saturated rings. The fraction of sp³-hybridized carbons (Fsp3) is 0.333. The normalized spacial score (nSPS) is 16.3. The van der Waals surface area contributed by atoms with Gasteiger partial charge < -0.3 is 10.1 Å². The van der Waals surface area contributed by atoms with E-state index in [1.807, 2.05) is 54.6 Å². The third-order valence-electron chi connectivity index (χ3n) is 4.65. The van der Waals surface area contributed by atoms with Crippen molar-refractivity contribution in [3.63, 3.8) is 0 Å². The highest BCUT2D eigenvalue weighted by Crippen LogP contribution is 2.32. The molecule has 1 heterocycles. The minimum atomic E-state index is -0.170. The molecule has 0 radical (unpaired) electrons. The van der Waals surface area contributed by atoms with Gasteiger partial charge in [0.2, 0.25) is 0 Å². The monoisotopic (exact) mass is 442 g/mol. The van der Waals surface area contributed by atoms with Crippen molar-refractivity contribution < 1.29 is 9.53 Å². The van der Waals surface area contributed by atoms with Gasteiger partial charge >= 0.3 is 0 Å². The molecule has 158 valence electrons. The van der Waals surface area contributed by atoms with Gasteiger partial charge in [-0.25, -0.2) is 4.99 Å². The van der Waals surface area contributed by atoms with Crippen LogP contribution in [0.1, 0.15) is 51.0 Å². The first-order chi connectivity index (χ1) is 14.7. The standard InChI is InChI=1S/C24H27ClN2O2S/c1-2-3-4-5-6-10-15-29-21-14-13-19(25)16-18(21)17-22-23(28)27-24(30-22)26-20-11-8-7-9-12-20/h7-9,11-14,16-17H,2-6,10,15H2,1H3,(H,26,27,28)/b22-17+. The number of amides is 1. The molecule has 0 atom stereocenters. The van der Waals surface area contributed by atoms with Gasteiger partial charge in [-0.1, -0.05) is 68.8 Å². The maximum Gasteiger partial charge on any atom is 0.264 e. The third-order valence-corrected chi connectivity index (χ3v) is 5.80. The second-order valence-electron chi connectivity index (χ2n) is 7.12. The molecule has 2 aromatic carbocycles. The molecule has 0 unspecified atom stereocenters. The number of nitrogens with one attached hydrogen (secondary N) is 1. The van der Waals surface area contributed by atoms with Gasteiger partial charge in [0.05, 0.1) is 17.2 Å². The number of unbranched alkanes of at least 4 members (excludes halogenated alkanes) is 5. The summed E-state index contributed by atoms with van der Waals surface area (Å²) in [5.41, 5.74) is 1.60. The van der Waals surface area contributed by atoms with E-state index in [9.17, 15) is 4.79 Å². The Morgan fingerprint density at radius 3 is 2.63 bits per heavy atom. The molecule has 4 nitrogen and oxygen atoms in total. The van der Waals surface area contributed by atoms with Crippen LogP contribution in [0.3, 0.4) is 0 Å². The van der Waals surface area contributed by atoms with Crippen molar-refractivity contribution in [2.45, 2.75) is 45.4 Å². The smallest absolute Gasteiger partial charge is 0.264 e. The van der Waals surface area contributed by atoms with E-state index in [2.05, 4.69) is 17.2 Å². The van der Waals surface area contributed by atoms with Crippen molar-refractivity contribution in [2.24, 2.45) is 4.99 Å². The van der Waals surface area contributed by atoms with E-state index in [1.54, 1.807) is 0 Å². The number of hydrogen-bond donors (Lipinski definition) is 1. The summed E-state index contributed by atoms with van der Waals surface area (Å²) in [4.78, 5) is 17.5. The molecular weight excluding hydrogens is 416 g/mol. The number of thioether (sulfide) groups is 1. The number of benzene rings is 2. The number of halogens is 1. The topological polar surface area (TPSA) is 50.7 Å². The van der Waals surface area contributed by atoms with Crippen molar-refractivity contribution in [3.8, 4) is 5.75 Å². The highest BCUT2D eigenvalue weighted by molar-refractivity contribution is 8.18. The van der Waals surface area contributed by atoms with Gasteiger partial charge in [0, 0.05) is 10.6 Å². The van der Waals surface area contributed by atoms with Gasteiger partial charge in [-0.15, -0.1) is 0 Å². The van der Waals surface area contributed by atoms with Crippen LogP contribution >= 0.6 is 23.4 Å². The minimum absolute atomic E-state index is 0.170. The van der Waals surface area contributed by atoms with E-state index >= 15 is 0 Å². The highest BCUT2D eigenvalue weighted by Gasteiger charge is 2.24. The zero-order valence-electron chi connectivity index (χ0n) is 17.2. The number of amidine groups is 1. The Morgan fingerprint density at radius 1 is 1.07 bits per heavy atom. The molecule has 0 aliphatic carbocycles. The molecule has 1 amide bonds. The van der Waals surface area contributed by atoms with Crippen LogP contribution in [0.4, 0.5) is 5.69 Å². The molecule has 1 N–H and O–H groups in total. The second kappa shape index (κ2) is 11.8. The largest absolute Gasteiger partial charge is 0.493 e. The summed E-state index contributed by atoms with van der Waals surface area (Å²) in [5, 5.41) is 3.99. The number of aliphatic imine (C=N–C) groups is 1. The molecule has 0 bridgehead atoms. The number of para-hydroxylation sites is 1. The number of nitrogens with zero attached hydrogens (tertiary/aromatic N) is 1. The Bertz CT molecular complexity index is 913. The number of rotatable bonds is 10. The van der Waals surface area contributed by atoms with Crippen LogP contribution in [0.15, 0.2) is 58.4 Å². The van der Waals surface area contributed by atoms with Gasteiger partial charge in [0.15, 0.2) is 5.17 Å². The number of ether oxygens (including phenoxy) is 1. The Morgan fingerprint density at radius 2 is 1.83 bits per heavy atom. The maximum absolute atomic E-state index is 12.4. The molecule has 3 rings (SSSR count). The van der Waals surface area contributed by atoms with Crippen LogP contribution in [0.5, 0.6) is 5.75 Å². The Kier molecular flexibility index (Phi) is 8.84. The summed E-state index contributed by atoms with van der Waals surface area (Å²) in [6, 6.07) is 15.0. The van der Waals surface area contributed by atoms with E-state index < -0.39 is 0 Å². The summed E-state index contributed by atoms with van der Waals surface area (Å²) in [5.74, 6) is 0.568. The maximum atomic E-state index is 12.4. The molecule has 1 aliphatic rings. The molecular formula is C24H27ClN2O2S. The molecule has 2 aromatic rings. The SMILES string of the molecule is CCCCCCCCOc1ccc(Cl)cc1/C=C1/SC(=Nc2ccccc2)NC1=O. The lowest BCUT2D eigenvalue weighted by Crippen LogP contribution is -2.19. The average molecular weight is 443 g/mol. The first-order valence-corrected chi connectivity index (χ1v) is 11.6. The fourth-order valence-electron chi connectivity index (χ4n) is 3.07. The summed E-state index contributed by atoms with van der Waals surface area (Å²) in [6.07, 6.45) is 9.08. The van der Waals surface area contributed by atoms with Gasteiger partial charge in [0.1, 0.15) is 5.75 Å². The van der Waals surface area contributed by atoms with Crippen molar-refractivity contribution in [2.75, 3.05) is 6.61 Å². The van der Waals surface area contributed by atoms with Crippen molar-refractivity contribution >= 4 is 46.2 Å². The summed E-state index contributed by atoms with van der Waals surface area (Å²) in [6.45, 7) is 2.88. The highest BCUT2D eigenvalue weighted by atomic mass is 35.5. The van der Waals surface area contributed by atoms with Crippen LogP contribution in [-0.4, -0.2) is 17.7 Å². The summed E-state index contributed by atoms with van der Waals surface area (Å²) in [7, 11) is 0. The van der Waals surface area contributed by atoms with Crippen LogP contribution in [0.2, 0.25) is 5.02 Å². The summed E-state index contributed by atoms with van der Waals surface area (Å²) >= 11 is 7.51. The van der Waals surface area contributed by atoms with E-state index in [-0.39, 0.29) is 5.91 Å². The number of carbonyl (C=O) groups is 1. The quantitative estimate of drug-likeness (QED) is 0.319. The molecule has 0 saturated carbocycles. The van der Waals surface area contributed by atoms with E-state index in [4.69, 9.17) is 16.3 Å². The van der Waals surface area contributed by atoms with Crippen LogP contribution in [-0.2, 0) is 4.79 Å². The molecule has 0 aromatic heterocycles. The molecule has 1 saturated heterocycles. The first-order valence-electron chi connectivity index (χ1n) is 10.4. The predicted octanol–water partition coefficient (Wildman–Crippen LogP) is 6.97. The number of carbonyl (C=O) groups excluding carboxylic acids is 1. The van der Waals surface area contributed by atoms with Gasteiger partial charge in [0.25, 0.3) is 5.91 Å². The minimum Gasteiger partial charge on any atom is -0.493 e. The Labute approximate surface area is 187 Å². The van der Waals surface area contributed by atoms with Crippen molar-refractivity contribution in [1.82, 2.24) is 5.32 Å². The molecule has 1 aliphatic heterocycles. The zero-order valence-corrected chi connectivity index (χ0v) is 18.8. The molecule has 0 spiro atoms. The van der Waals surface area contributed by atoms with E-state index in [0.717, 1.165) is 23.4 Å². The van der Waals surface area contributed by atoms with Crippen LogP contribution < -0.4 is 10.1 Å². The Hall–Kier alpha value is -2.24. The fourth-order valence-corrected chi connectivity index (χ4v) is 4.08. The van der Waals surface area contributed by atoms with Gasteiger partial charge in [-0.05, 0) is 54.6 Å². The third kappa shape index (κ3) is 6.92. The molecule has 6 heteroatoms. The van der Waals surface area contributed by atoms with E-state index in [1.165, 1.54) is 43.9 Å². The average Bonchev–Trinajstić information content (AvgIpc) is 3.08.